The van der Waals surface area contributed by atoms with Crippen molar-refractivity contribution >= 4 is 22.2 Å². The minimum Gasteiger partial charge on any atom is -0.311 e. The van der Waals surface area contributed by atoms with Crippen LogP contribution in [0.15, 0.2) is 36.5 Å². The lowest BCUT2D eigenvalue weighted by atomic mass is 10.1. The molecule has 0 saturated carbocycles. The van der Waals surface area contributed by atoms with E-state index in [1.807, 2.05) is 31.4 Å². The van der Waals surface area contributed by atoms with Gasteiger partial charge in [0.1, 0.15) is 10.0 Å². The fraction of sp³-hybridized carbons (Fsp3) is 0.214. The van der Waals surface area contributed by atoms with Gasteiger partial charge in [-0.05, 0) is 26.1 Å². The zero-order chi connectivity index (χ0) is 13.2. The van der Waals surface area contributed by atoms with Crippen molar-refractivity contribution in [3.05, 3.63) is 41.5 Å². The highest BCUT2D eigenvalue weighted by Crippen LogP contribution is 2.30. The minimum atomic E-state index is 0.217. The van der Waals surface area contributed by atoms with Crippen LogP contribution in [0.2, 0.25) is 0 Å². The highest BCUT2D eigenvalue weighted by molar-refractivity contribution is 7.14. The van der Waals surface area contributed by atoms with Crippen LogP contribution in [0.1, 0.15) is 18.0 Å². The van der Waals surface area contributed by atoms with Crippen LogP contribution in [0.3, 0.4) is 0 Å². The smallest absolute Gasteiger partial charge is 0.150 e. The molecule has 4 nitrogen and oxygen atoms in total. The Morgan fingerprint density at radius 2 is 2.00 bits per heavy atom. The largest absolute Gasteiger partial charge is 0.311 e. The molecule has 0 amide bonds. The van der Waals surface area contributed by atoms with Gasteiger partial charge in [-0.2, -0.15) is 0 Å². The van der Waals surface area contributed by atoms with E-state index in [0.29, 0.717) is 0 Å². The molecule has 0 saturated heterocycles. The summed E-state index contributed by atoms with van der Waals surface area (Å²) in [6.07, 6.45) is 1.81. The van der Waals surface area contributed by atoms with E-state index in [4.69, 9.17) is 0 Å². The molecule has 0 aliphatic rings. The van der Waals surface area contributed by atoms with Crippen molar-refractivity contribution in [2.75, 3.05) is 7.05 Å². The van der Waals surface area contributed by atoms with Crippen molar-refractivity contribution in [2.24, 2.45) is 0 Å². The monoisotopic (exact) mass is 270 g/mol. The Labute approximate surface area is 115 Å². The number of fused-ring (bicyclic) bond motifs is 1. The lowest BCUT2D eigenvalue weighted by Crippen LogP contribution is -2.11. The highest BCUT2D eigenvalue weighted by atomic mass is 32.1. The topological polar surface area (TPSA) is 50.7 Å². The van der Waals surface area contributed by atoms with Gasteiger partial charge in [-0.15, -0.1) is 10.2 Å². The molecule has 0 fully saturated rings. The third-order valence-electron chi connectivity index (χ3n) is 3.11. The Balaban J connectivity index is 2.12. The molecule has 1 unspecified atom stereocenters. The fourth-order valence-corrected chi connectivity index (χ4v) is 2.85. The van der Waals surface area contributed by atoms with Crippen molar-refractivity contribution in [1.82, 2.24) is 20.5 Å². The Kier molecular flexibility index (Phi) is 3.23. The number of hydrogen-bond acceptors (Lipinski definition) is 5. The summed E-state index contributed by atoms with van der Waals surface area (Å²) in [5, 5.41) is 14.8. The Bertz CT molecular complexity index is 702. The maximum absolute atomic E-state index is 4.46. The first kappa shape index (κ1) is 12.2. The summed E-state index contributed by atoms with van der Waals surface area (Å²) in [5.74, 6) is 0. The summed E-state index contributed by atoms with van der Waals surface area (Å²) in [4.78, 5) is 4.46. The van der Waals surface area contributed by atoms with Crippen LogP contribution >= 0.6 is 11.3 Å². The molecule has 1 N–H and O–H groups in total. The zero-order valence-corrected chi connectivity index (χ0v) is 11.6. The summed E-state index contributed by atoms with van der Waals surface area (Å²) in [6, 6.07) is 10.4. The van der Waals surface area contributed by atoms with Gasteiger partial charge in [-0.1, -0.05) is 29.5 Å². The standard InChI is InChI=1S/C14H14N4S/c1-9(15-2)13-17-18-14(19-13)11-7-3-5-10-6-4-8-16-12(10)11/h3-9,15H,1-2H3. The van der Waals surface area contributed by atoms with Gasteiger partial charge >= 0.3 is 0 Å². The van der Waals surface area contributed by atoms with E-state index >= 15 is 0 Å². The molecule has 96 valence electrons. The minimum absolute atomic E-state index is 0.217. The highest BCUT2D eigenvalue weighted by Gasteiger charge is 2.13. The van der Waals surface area contributed by atoms with Crippen LogP contribution in [-0.2, 0) is 0 Å². The lowest BCUT2D eigenvalue weighted by Gasteiger charge is -2.03. The van der Waals surface area contributed by atoms with Crippen molar-refractivity contribution in [3.63, 3.8) is 0 Å². The summed E-state index contributed by atoms with van der Waals surface area (Å²) >= 11 is 1.61. The number of nitrogens with zero attached hydrogens (tertiary/aromatic N) is 3. The molecule has 0 spiro atoms. The molecule has 0 aliphatic heterocycles. The maximum Gasteiger partial charge on any atom is 0.150 e. The van der Waals surface area contributed by atoms with Gasteiger partial charge in [-0.25, -0.2) is 0 Å². The van der Waals surface area contributed by atoms with Gasteiger partial charge in [0, 0.05) is 17.1 Å². The van der Waals surface area contributed by atoms with E-state index in [-0.39, 0.29) is 6.04 Å². The van der Waals surface area contributed by atoms with Crippen LogP contribution in [-0.4, -0.2) is 22.2 Å². The molecular formula is C14H14N4S. The molecule has 2 aromatic heterocycles. The van der Waals surface area contributed by atoms with Crippen LogP contribution < -0.4 is 5.32 Å². The molecule has 1 atom stereocenters. The van der Waals surface area contributed by atoms with Crippen molar-refractivity contribution in [1.29, 1.82) is 0 Å². The van der Waals surface area contributed by atoms with E-state index in [2.05, 4.69) is 39.6 Å². The maximum atomic E-state index is 4.46. The van der Waals surface area contributed by atoms with E-state index in [1.54, 1.807) is 11.3 Å². The van der Waals surface area contributed by atoms with Gasteiger partial charge in [0.05, 0.1) is 11.6 Å². The van der Waals surface area contributed by atoms with Gasteiger partial charge in [0.25, 0.3) is 0 Å². The second-order valence-corrected chi connectivity index (χ2v) is 5.35. The fourth-order valence-electron chi connectivity index (χ4n) is 1.92. The van der Waals surface area contributed by atoms with Crippen molar-refractivity contribution in [3.8, 4) is 10.6 Å². The quantitative estimate of drug-likeness (QED) is 0.794. The van der Waals surface area contributed by atoms with Gasteiger partial charge in [-0.3, -0.25) is 4.98 Å². The van der Waals surface area contributed by atoms with E-state index in [0.717, 1.165) is 26.5 Å². The molecule has 0 aliphatic carbocycles. The molecule has 3 rings (SSSR count). The third-order valence-corrected chi connectivity index (χ3v) is 4.25. The van der Waals surface area contributed by atoms with Crippen LogP contribution in [0.5, 0.6) is 0 Å². The number of rotatable bonds is 3. The van der Waals surface area contributed by atoms with Crippen LogP contribution in [0.25, 0.3) is 21.5 Å². The van der Waals surface area contributed by atoms with Crippen LogP contribution in [0.4, 0.5) is 0 Å². The molecule has 0 radical (unpaired) electrons. The molecule has 0 bridgehead atoms. The first-order valence-corrected chi connectivity index (χ1v) is 6.96. The average molecular weight is 270 g/mol. The second kappa shape index (κ2) is 5.03. The average Bonchev–Trinajstić information content (AvgIpc) is 2.95. The lowest BCUT2D eigenvalue weighted by molar-refractivity contribution is 0.640. The van der Waals surface area contributed by atoms with Crippen LogP contribution in [0, 0.1) is 0 Å². The number of benzene rings is 1. The second-order valence-electron chi connectivity index (χ2n) is 4.34. The first-order valence-electron chi connectivity index (χ1n) is 6.14. The van der Waals surface area contributed by atoms with Gasteiger partial charge < -0.3 is 5.32 Å². The van der Waals surface area contributed by atoms with Gasteiger partial charge in [0.15, 0.2) is 0 Å². The Morgan fingerprint density at radius 1 is 1.16 bits per heavy atom. The molecular weight excluding hydrogens is 256 g/mol. The van der Waals surface area contributed by atoms with E-state index in [9.17, 15) is 0 Å². The van der Waals surface area contributed by atoms with Gasteiger partial charge in [0.2, 0.25) is 0 Å². The van der Waals surface area contributed by atoms with E-state index in [1.165, 1.54) is 0 Å². The number of nitrogens with one attached hydrogen (secondary N) is 1. The number of hydrogen-bond donors (Lipinski definition) is 1. The SMILES string of the molecule is CNC(C)c1nnc(-c2cccc3cccnc23)s1. The normalized spacial score (nSPS) is 12.7. The predicted octanol–water partition coefficient (Wildman–Crippen LogP) is 3.03. The molecule has 2 heterocycles. The Hall–Kier alpha value is -1.85. The number of para-hydroxylation sites is 1. The number of pyridine rings is 1. The van der Waals surface area contributed by atoms with Crippen molar-refractivity contribution in [2.45, 2.75) is 13.0 Å². The van der Waals surface area contributed by atoms with Crippen molar-refractivity contribution < 1.29 is 0 Å². The number of aromatic nitrogens is 3. The zero-order valence-electron chi connectivity index (χ0n) is 10.8. The molecule has 19 heavy (non-hydrogen) atoms. The summed E-state index contributed by atoms with van der Waals surface area (Å²) < 4.78 is 0. The first-order chi connectivity index (χ1) is 9.29. The predicted molar refractivity (Wildman–Crippen MR) is 78.1 cm³/mol. The van der Waals surface area contributed by atoms with E-state index < -0.39 is 0 Å². The summed E-state index contributed by atoms with van der Waals surface area (Å²) in [5.41, 5.74) is 2.02. The molecule has 5 heteroatoms. The molecule has 3 aromatic rings. The Morgan fingerprint density at radius 3 is 2.84 bits per heavy atom. The summed E-state index contributed by atoms with van der Waals surface area (Å²) in [6.45, 7) is 2.08. The summed E-state index contributed by atoms with van der Waals surface area (Å²) in [7, 11) is 1.92. The third kappa shape index (κ3) is 2.22. The molecule has 1 aromatic carbocycles.